The zero-order valence-electron chi connectivity index (χ0n) is 11.8. The minimum Gasteiger partial charge on any atom is -0.468 e. The topological polar surface area (TPSA) is 55.0 Å². The van der Waals surface area contributed by atoms with Crippen LogP contribution in [0.4, 0.5) is 0 Å². The van der Waals surface area contributed by atoms with Crippen molar-refractivity contribution in [2.45, 2.75) is 63.2 Å². The molecule has 0 unspecified atom stereocenters. The van der Waals surface area contributed by atoms with Gasteiger partial charge in [0.25, 0.3) is 0 Å². The van der Waals surface area contributed by atoms with Crippen LogP contribution in [0.1, 0.15) is 68.1 Å². The highest BCUT2D eigenvalue weighted by Gasteiger charge is 2.55. The maximum Gasteiger partial charge on any atom is 0.319 e. The Morgan fingerprint density at radius 1 is 1.32 bits per heavy atom. The van der Waals surface area contributed by atoms with Gasteiger partial charge in [0.1, 0.15) is 11.2 Å². The zero-order valence-corrected chi connectivity index (χ0v) is 11.8. The van der Waals surface area contributed by atoms with Crippen LogP contribution in [0.2, 0.25) is 0 Å². The number of methoxy groups -OCH3 is 1. The van der Waals surface area contributed by atoms with Gasteiger partial charge in [-0.2, -0.15) is 0 Å². The first-order valence-electron chi connectivity index (χ1n) is 7.33. The number of carbonyl (C=O) groups excluding carboxylic acids is 1. The van der Waals surface area contributed by atoms with E-state index in [9.17, 15) is 4.79 Å². The van der Waals surface area contributed by atoms with Crippen LogP contribution in [0.3, 0.4) is 0 Å². The Morgan fingerprint density at radius 2 is 2.00 bits per heavy atom. The van der Waals surface area contributed by atoms with Crippen LogP contribution < -0.4 is 0 Å². The highest BCUT2D eigenvalue weighted by Crippen LogP contribution is 2.48. The summed E-state index contributed by atoms with van der Waals surface area (Å²) in [7, 11) is 1.46. The summed E-state index contributed by atoms with van der Waals surface area (Å²) in [5, 5.41) is 0. The summed E-state index contributed by atoms with van der Waals surface area (Å²) in [5.74, 6) is 1.26. The fourth-order valence-corrected chi connectivity index (χ4v) is 3.33. The number of nitrogens with zero attached hydrogens (tertiary/aromatic N) is 1. The Labute approximate surface area is 114 Å². The van der Waals surface area contributed by atoms with Crippen molar-refractivity contribution >= 4 is 5.97 Å². The van der Waals surface area contributed by atoms with Gasteiger partial charge in [0.05, 0.1) is 12.8 Å². The van der Waals surface area contributed by atoms with Crippen LogP contribution in [-0.2, 0) is 14.9 Å². The summed E-state index contributed by atoms with van der Waals surface area (Å²) in [5.41, 5.74) is 1.86. The average molecular weight is 262 g/mol. The standard InChI is InChI=1S/C15H22N2O2/c1-10-12(11-6-4-3-5-7-11)17-13(16-10)15(8-9-15)14(18)19-2/h11H,3-9H2,1-2H3,(H,16,17). The smallest absolute Gasteiger partial charge is 0.319 e. The summed E-state index contributed by atoms with van der Waals surface area (Å²) >= 11 is 0. The summed E-state index contributed by atoms with van der Waals surface area (Å²) in [6.07, 6.45) is 8.13. The first-order valence-corrected chi connectivity index (χ1v) is 7.33. The molecular weight excluding hydrogens is 240 g/mol. The predicted molar refractivity (Wildman–Crippen MR) is 72.1 cm³/mol. The van der Waals surface area contributed by atoms with E-state index < -0.39 is 5.41 Å². The van der Waals surface area contributed by atoms with Crippen LogP contribution in [0.15, 0.2) is 0 Å². The number of rotatable bonds is 3. The number of H-pyrrole nitrogens is 1. The molecule has 2 fully saturated rings. The molecule has 2 saturated carbocycles. The molecule has 2 aliphatic rings. The second-order valence-electron chi connectivity index (χ2n) is 6.00. The third kappa shape index (κ3) is 2.07. The molecule has 1 aromatic heterocycles. The summed E-state index contributed by atoms with van der Waals surface area (Å²) in [6.45, 7) is 2.08. The van der Waals surface area contributed by atoms with Crippen molar-refractivity contribution in [2.75, 3.05) is 7.11 Å². The maximum atomic E-state index is 11.9. The van der Waals surface area contributed by atoms with Gasteiger partial charge in [0.2, 0.25) is 0 Å². The molecule has 1 heterocycles. The molecule has 0 atom stereocenters. The molecule has 0 bridgehead atoms. The van der Waals surface area contributed by atoms with E-state index in [1.54, 1.807) is 0 Å². The molecule has 1 aromatic rings. The molecule has 19 heavy (non-hydrogen) atoms. The molecule has 0 amide bonds. The van der Waals surface area contributed by atoms with Gasteiger partial charge in [-0.05, 0) is 32.6 Å². The lowest BCUT2D eigenvalue weighted by atomic mass is 9.86. The van der Waals surface area contributed by atoms with Crippen molar-refractivity contribution in [3.8, 4) is 0 Å². The van der Waals surface area contributed by atoms with Crippen molar-refractivity contribution in [1.82, 2.24) is 9.97 Å². The Hall–Kier alpha value is -1.32. The number of imidazole rings is 1. The van der Waals surface area contributed by atoms with E-state index in [-0.39, 0.29) is 5.97 Å². The summed E-state index contributed by atoms with van der Waals surface area (Å²) in [6, 6.07) is 0. The van der Waals surface area contributed by atoms with Crippen LogP contribution >= 0.6 is 0 Å². The summed E-state index contributed by atoms with van der Waals surface area (Å²) in [4.78, 5) is 20.0. The van der Waals surface area contributed by atoms with E-state index in [1.807, 2.05) is 0 Å². The van der Waals surface area contributed by atoms with Gasteiger partial charge in [0.15, 0.2) is 0 Å². The molecule has 0 saturated heterocycles. The largest absolute Gasteiger partial charge is 0.468 e. The van der Waals surface area contributed by atoms with Crippen molar-refractivity contribution in [1.29, 1.82) is 0 Å². The number of carbonyl (C=O) groups is 1. The number of esters is 1. The highest BCUT2D eigenvalue weighted by molar-refractivity contribution is 5.85. The van der Waals surface area contributed by atoms with E-state index in [1.165, 1.54) is 44.9 Å². The molecule has 104 valence electrons. The maximum absolute atomic E-state index is 11.9. The van der Waals surface area contributed by atoms with Crippen LogP contribution in [0.5, 0.6) is 0 Å². The number of nitrogens with one attached hydrogen (secondary N) is 1. The van der Waals surface area contributed by atoms with Crippen molar-refractivity contribution < 1.29 is 9.53 Å². The highest BCUT2D eigenvalue weighted by atomic mass is 16.5. The lowest BCUT2D eigenvalue weighted by Gasteiger charge is -2.20. The summed E-state index contributed by atoms with van der Waals surface area (Å²) < 4.78 is 4.93. The molecule has 0 aromatic carbocycles. The molecular formula is C15H22N2O2. The van der Waals surface area contributed by atoms with Gasteiger partial charge in [-0.15, -0.1) is 0 Å². The molecule has 1 N–H and O–H groups in total. The van der Waals surface area contributed by atoms with Gasteiger partial charge < -0.3 is 9.72 Å². The Bertz CT molecular complexity index is 482. The van der Waals surface area contributed by atoms with Crippen LogP contribution in [0.25, 0.3) is 0 Å². The number of hydrogen-bond acceptors (Lipinski definition) is 3. The van der Waals surface area contributed by atoms with Crippen molar-refractivity contribution in [3.63, 3.8) is 0 Å². The Balaban J connectivity index is 1.87. The van der Waals surface area contributed by atoms with Crippen molar-refractivity contribution in [2.24, 2.45) is 0 Å². The van der Waals surface area contributed by atoms with Gasteiger partial charge >= 0.3 is 5.97 Å². The first-order chi connectivity index (χ1) is 9.17. The average Bonchev–Trinajstić information content (AvgIpc) is 3.17. The fraction of sp³-hybridized carbons (Fsp3) is 0.733. The predicted octanol–water partition coefficient (Wildman–Crippen LogP) is 2.97. The van der Waals surface area contributed by atoms with Gasteiger partial charge in [-0.25, -0.2) is 4.98 Å². The third-order valence-corrected chi connectivity index (χ3v) is 4.69. The second kappa shape index (κ2) is 4.66. The molecule has 2 aliphatic carbocycles. The van der Waals surface area contributed by atoms with Crippen LogP contribution in [0, 0.1) is 6.92 Å². The van der Waals surface area contributed by atoms with E-state index in [4.69, 9.17) is 9.72 Å². The van der Waals surface area contributed by atoms with E-state index in [0.717, 1.165) is 24.4 Å². The van der Waals surface area contributed by atoms with Gasteiger partial charge in [-0.3, -0.25) is 4.79 Å². The van der Waals surface area contributed by atoms with E-state index >= 15 is 0 Å². The lowest BCUT2D eigenvalue weighted by molar-refractivity contribution is -0.143. The molecule has 0 aliphatic heterocycles. The SMILES string of the molecule is COC(=O)C1(c2nc(C3CCCCC3)c(C)[nH]2)CC1. The number of ether oxygens (including phenoxy) is 1. The van der Waals surface area contributed by atoms with E-state index in [2.05, 4.69) is 11.9 Å². The fourth-order valence-electron chi connectivity index (χ4n) is 3.33. The number of hydrogen-bond donors (Lipinski definition) is 1. The minimum atomic E-state index is -0.466. The van der Waals surface area contributed by atoms with E-state index in [0.29, 0.717) is 5.92 Å². The normalized spacial score (nSPS) is 22.2. The zero-order chi connectivity index (χ0) is 13.5. The number of aromatic nitrogens is 2. The Kier molecular flexibility index (Phi) is 3.11. The third-order valence-electron chi connectivity index (χ3n) is 4.69. The monoisotopic (exact) mass is 262 g/mol. The van der Waals surface area contributed by atoms with Gasteiger partial charge in [-0.1, -0.05) is 19.3 Å². The minimum absolute atomic E-state index is 0.142. The molecule has 0 spiro atoms. The quantitative estimate of drug-likeness (QED) is 0.852. The number of aryl methyl sites for hydroxylation is 1. The molecule has 4 heteroatoms. The van der Waals surface area contributed by atoms with Crippen molar-refractivity contribution in [3.05, 3.63) is 17.2 Å². The molecule has 0 radical (unpaired) electrons. The first kappa shape index (κ1) is 12.7. The molecule has 4 nitrogen and oxygen atoms in total. The Morgan fingerprint density at radius 3 is 2.58 bits per heavy atom. The second-order valence-corrected chi connectivity index (χ2v) is 6.00. The lowest BCUT2D eigenvalue weighted by Crippen LogP contribution is -2.23. The van der Waals surface area contributed by atoms with Gasteiger partial charge in [0, 0.05) is 11.6 Å². The molecule has 3 rings (SSSR count). The van der Waals surface area contributed by atoms with Crippen LogP contribution in [-0.4, -0.2) is 23.0 Å². The number of aromatic amines is 1.